The standard InChI is InChI=1S/C24H30Cl2N2O3S/c1-4-31-12-5-10-27(24(30)16(2)3)15-22(29)28-11-8-21-19(9-13-32-21)23(28)18-7-6-17(25)14-20(18)26/h6-7,9,13-14,16,23H,4-5,8,10-12,15H2,1-3H3. The Morgan fingerprint density at radius 3 is 2.72 bits per heavy atom. The van der Waals surface area contributed by atoms with E-state index in [4.69, 9.17) is 27.9 Å². The first kappa shape index (κ1) is 25.0. The lowest BCUT2D eigenvalue weighted by molar-refractivity contribution is -0.143. The van der Waals surface area contributed by atoms with Gasteiger partial charge in [0.15, 0.2) is 0 Å². The van der Waals surface area contributed by atoms with Crippen molar-refractivity contribution in [3.8, 4) is 0 Å². The number of thiophene rings is 1. The number of carbonyl (C=O) groups is 2. The highest BCUT2D eigenvalue weighted by Crippen LogP contribution is 2.41. The van der Waals surface area contributed by atoms with Crippen molar-refractivity contribution in [2.45, 2.75) is 39.7 Å². The van der Waals surface area contributed by atoms with Crippen LogP contribution in [0, 0.1) is 5.92 Å². The summed E-state index contributed by atoms with van der Waals surface area (Å²) in [5, 5.41) is 3.14. The van der Waals surface area contributed by atoms with Crippen LogP contribution in [0.2, 0.25) is 10.0 Å². The summed E-state index contributed by atoms with van der Waals surface area (Å²) >= 11 is 14.4. The molecule has 8 heteroatoms. The molecule has 0 fully saturated rings. The molecule has 0 saturated carbocycles. The summed E-state index contributed by atoms with van der Waals surface area (Å²) < 4.78 is 5.42. The number of hydrogen-bond acceptors (Lipinski definition) is 4. The van der Waals surface area contributed by atoms with Crippen LogP contribution in [-0.2, 0) is 20.7 Å². The van der Waals surface area contributed by atoms with Gasteiger partial charge in [-0.25, -0.2) is 0 Å². The number of halogens is 2. The van der Waals surface area contributed by atoms with E-state index in [1.807, 2.05) is 31.7 Å². The average Bonchev–Trinajstić information content (AvgIpc) is 3.24. The van der Waals surface area contributed by atoms with Gasteiger partial charge in [0.25, 0.3) is 0 Å². The molecule has 0 radical (unpaired) electrons. The van der Waals surface area contributed by atoms with Crippen LogP contribution < -0.4 is 0 Å². The molecule has 1 aromatic carbocycles. The van der Waals surface area contributed by atoms with Crippen molar-refractivity contribution in [1.82, 2.24) is 9.80 Å². The molecule has 32 heavy (non-hydrogen) atoms. The molecule has 0 saturated heterocycles. The molecule has 2 aromatic rings. The van der Waals surface area contributed by atoms with E-state index in [-0.39, 0.29) is 30.3 Å². The first-order chi connectivity index (χ1) is 15.3. The number of hydrogen-bond donors (Lipinski definition) is 0. The highest BCUT2D eigenvalue weighted by molar-refractivity contribution is 7.10. The predicted octanol–water partition coefficient (Wildman–Crippen LogP) is 5.44. The van der Waals surface area contributed by atoms with Gasteiger partial charge in [0.2, 0.25) is 11.8 Å². The van der Waals surface area contributed by atoms with Crippen LogP contribution in [0.1, 0.15) is 49.2 Å². The highest BCUT2D eigenvalue weighted by atomic mass is 35.5. The minimum atomic E-state index is -0.290. The summed E-state index contributed by atoms with van der Waals surface area (Å²) in [4.78, 5) is 31.1. The molecular formula is C24H30Cl2N2O3S. The molecule has 1 aliphatic heterocycles. The largest absolute Gasteiger partial charge is 0.382 e. The Morgan fingerprint density at radius 2 is 2.03 bits per heavy atom. The third kappa shape index (κ3) is 5.84. The molecule has 174 valence electrons. The van der Waals surface area contributed by atoms with Crippen LogP contribution in [0.15, 0.2) is 29.6 Å². The molecular weight excluding hydrogens is 467 g/mol. The maximum absolute atomic E-state index is 13.6. The van der Waals surface area contributed by atoms with E-state index < -0.39 is 0 Å². The van der Waals surface area contributed by atoms with E-state index in [1.165, 1.54) is 4.88 Å². The van der Waals surface area contributed by atoms with Gasteiger partial charge in [-0.1, -0.05) is 43.1 Å². The number of nitrogens with zero attached hydrogens (tertiary/aromatic N) is 2. The second-order valence-electron chi connectivity index (χ2n) is 8.17. The number of rotatable bonds is 9. The van der Waals surface area contributed by atoms with Gasteiger partial charge in [-0.05, 0) is 54.5 Å². The molecule has 2 heterocycles. The van der Waals surface area contributed by atoms with E-state index in [1.54, 1.807) is 28.4 Å². The van der Waals surface area contributed by atoms with Crippen LogP contribution >= 0.6 is 34.5 Å². The summed E-state index contributed by atoms with van der Waals surface area (Å²) in [7, 11) is 0. The average molecular weight is 497 g/mol. The van der Waals surface area contributed by atoms with Crippen molar-refractivity contribution in [2.75, 3.05) is 32.8 Å². The van der Waals surface area contributed by atoms with Gasteiger partial charge in [0, 0.05) is 47.1 Å². The van der Waals surface area contributed by atoms with E-state index in [0.717, 1.165) is 17.5 Å². The number of benzene rings is 1. The lowest BCUT2D eigenvalue weighted by Gasteiger charge is -2.38. The fourth-order valence-corrected chi connectivity index (χ4v) is 5.45. The molecule has 0 aliphatic carbocycles. The quantitative estimate of drug-likeness (QED) is 0.434. The van der Waals surface area contributed by atoms with Crippen LogP contribution in [0.3, 0.4) is 0 Å². The fraction of sp³-hybridized carbons (Fsp3) is 0.500. The molecule has 5 nitrogen and oxygen atoms in total. The molecule has 3 rings (SSSR count). The lowest BCUT2D eigenvalue weighted by atomic mass is 9.93. The topological polar surface area (TPSA) is 49.9 Å². The Labute approximate surface area is 204 Å². The third-order valence-electron chi connectivity index (χ3n) is 5.60. The normalized spacial score (nSPS) is 15.7. The lowest BCUT2D eigenvalue weighted by Crippen LogP contribution is -2.48. The van der Waals surface area contributed by atoms with Gasteiger partial charge >= 0.3 is 0 Å². The molecule has 2 amide bonds. The Balaban J connectivity index is 1.86. The van der Waals surface area contributed by atoms with E-state index in [0.29, 0.717) is 42.8 Å². The van der Waals surface area contributed by atoms with Crippen molar-refractivity contribution >= 4 is 46.4 Å². The minimum absolute atomic E-state index is 0.0239. The monoisotopic (exact) mass is 496 g/mol. The first-order valence-corrected chi connectivity index (χ1v) is 12.6. The Kier molecular flexibility index (Phi) is 9.00. The summed E-state index contributed by atoms with van der Waals surface area (Å²) in [6, 6.07) is 7.18. The molecule has 0 spiro atoms. The van der Waals surface area contributed by atoms with Crippen molar-refractivity contribution in [2.24, 2.45) is 5.92 Å². The smallest absolute Gasteiger partial charge is 0.242 e. The molecule has 1 unspecified atom stereocenters. The summed E-state index contributed by atoms with van der Waals surface area (Å²) in [6.45, 7) is 7.98. The van der Waals surface area contributed by atoms with Crippen LogP contribution in [0.4, 0.5) is 0 Å². The van der Waals surface area contributed by atoms with Gasteiger partial charge in [-0.3, -0.25) is 9.59 Å². The Bertz CT molecular complexity index is 947. The van der Waals surface area contributed by atoms with Gasteiger partial charge in [-0.15, -0.1) is 11.3 Å². The second-order valence-corrected chi connectivity index (χ2v) is 10.0. The van der Waals surface area contributed by atoms with Crippen LogP contribution in [0.5, 0.6) is 0 Å². The maximum Gasteiger partial charge on any atom is 0.242 e. The minimum Gasteiger partial charge on any atom is -0.382 e. The predicted molar refractivity (Wildman–Crippen MR) is 131 cm³/mol. The number of amides is 2. The van der Waals surface area contributed by atoms with Crippen molar-refractivity contribution in [3.05, 3.63) is 55.7 Å². The second kappa shape index (κ2) is 11.5. The van der Waals surface area contributed by atoms with Crippen molar-refractivity contribution in [1.29, 1.82) is 0 Å². The van der Waals surface area contributed by atoms with Gasteiger partial charge in [0.1, 0.15) is 0 Å². The van der Waals surface area contributed by atoms with Crippen LogP contribution in [-0.4, -0.2) is 54.5 Å². The molecule has 0 N–H and O–H groups in total. The summed E-state index contributed by atoms with van der Waals surface area (Å²) in [6.07, 6.45) is 1.49. The van der Waals surface area contributed by atoms with E-state index >= 15 is 0 Å². The molecule has 1 aromatic heterocycles. The zero-order valence-corrected chi connectivity index (χ0v) is 21.1. The van der Waals surface area contributed by atoms with E-state index in [2.05, 4.69) is 11.4 Å². The maximum atomic E-state index is 13.6. The Hall–Kier alpha value is -1.60. The summed E-state index contributed by atoms with van der Waals surface area (Å²) in [5.41, 5.74) is 1.94. The highest BCUT2D eigenvalue weighted by Gasteiger charge is 2.35. The number of ether oxygens (including phenoxy) is 1. The molecule has 0 bridgehead atoms. The Morgan fingerprint density at radius 1 is 1.25 bits per heavy atom. The van der Waals surface area contributed by atoms with Gasteiger partial charge < -0.3 is 14.5 Å². The number of fused-ring (bicyclic) bond motifs is 1. The van der Waals surface area contributed by atoms with Crippen LogP contribution in [0.25, 0.3) is 0 Å². The zero-order valence-electron chi connectivity index (χ0n) is 18.8. The SMILES string of the molecule is CCOCCCN(CC(=O)N1CCc2sccc2C1c1ccc(Cl)cc1Cl)C(=O)C(C)C. The number of carbonyl (C=O) groups excluding carboxylic acids is 2. The third-order valence-corrected chi connectivity index (χ3v) is 7.15. The zero-order chi connectivity index (χ0) is 23.3. The summed E-state index contributed by atoms with van der Waals surface area (Å²) in [5.74, 6) is -0.284. The molecule has 1 atom stereocenters. The van der Waals surface area contributed by atoms with Crippen molar-refractivity contribution in [3.63, 3.8) is 0 Å². The van der Waals surface area contributed by atoms with Gasteiger partial charge in [0.05, 0.1) is 12.6 Å². The first-order valence-electron chi connectivity index (χ1n) is 11.0. The van der Waals surface area contributed by atoms with Gasteiger partial charge in [-0.2, -0.15) is 0 Å². The fourth-order valence-electron chi connectivity index (χ4n) is 4.03. The van der Waals surface area contributed by atoms with E-state index in [9.17, 15) is 9.59 Å². The van der Waals surface area contributed by atoms with Crippen molar-refractivity contribution < 1.29 is 14.3 Å². The molecule has 1 aliphatic rings.